The van der Waals surface area contributed by atoms with Gasteiger partial charge in [-0.05, 0) is 11.6 Å². The lowest BCUT2D eigenvalue weighted by molar-refractivity contribution is -0.126. The van der Waals surface area contributed by atoms with Gasteiger partial charge in [0.2, 0.25) is 0 Å². The molecular weight excluding hydrogens is 247 g/mol. The van der Waals surface area contributed by atoms with Crippen molar-refractivity contribution < 1.29 is 9.84 Å². The van der Waals surface area contributed by atoms with Crippen LogP contribution < -0.4 is 0 Å². The molecule has 1 fully saturated rings. The van der Waals surface area contributed by atoms with E-state index >= 15 is 0 Å². The van der Waals surface area contributed by atoms with E-state index in [0.717, 1.165) is 5.56 Å². The van der Waals surface area contributed by atoms with Gasteiger partial charge in [0.15, 0.2) is 0 Å². The van der Waals surface area contributed by atoms with E-state index in [-0.39, 0.29) is 6.10 Å². The topological polar surface area (TPSA) is 29.5 Å². The van der Waals surface area contributed by atoms with Gasteiger partial charge in [0.05, 0.1) is 21.8 Å². The molecule has 0 heterocycles. The Hall–Kier alpha value is -0.280. The molecule has 0 radical (unpaired) electrons. The minimum absolute atomic E-state index is 0.169. The van der Waals surface area contributed by atoms with E-state index in [1.165, 1.54) is 0 Å². The zero-order valence-electron chi connectivity index (χ0n) is 9.04. The molecule has 0 spiro atoms. The molecule has 1 aromatic rings. The predicted molar refractivity (Wildman–Crippen MR) is 65.1 cm³/mol. The summed E-state index contributed by atoms with van der Waals surface area (Å²) in [7, 11) is 1.66. The van der Waals surface area contributed by atoms with Gasteiger partial charge in [0, 0.05) is 26.4 Å². The molecule has 1 aliphatic carbocycles. The Bertz CT molecular complexity index is 387. The first kappa shape index (κ1) is 12.2. The van der Waals surface area contributed by atoms with Crippen molar-refractivity contribution in [3.05, 3.63) is 33.8 Å². The molecule has 1 aromatic carbocycles. The highest BCUT2D eigenvalue weighted by atomic mass is 35.5. The molecule has 2 nitrogen and oxygen atoms in total. The molecule has 0 aromatic heterocycles. The van der Waals surface area contributed by atoms with Crippen LogP contribution in [0.2, 0.25) is 10.0 Å². The van der Waals surface area contributed by atoms with Crippen molar-refractivity contribution >= 4 is 23.2 Å². The summed E-state index contributed by atoms with van der Waals surface area (Å²) < 4.78 is 5.15. The molecule has 2 rings (SSSR count). The third-order valence-electron chi connectivity index (χ3n) is 3.10. The molecule has 1 aliphatic rings. The molecule has 0 atom stereocenters. The second kappa shape index (κ2) is 4.53. The Morgan fingerprint density at radius 2 is 2.12 bits per heavy atom. The fraction of sp³-hybridized carbons (Fsp3) is 0.500. The van der Waals surface area contributed by atoms with Crippen LogP contribution in [-0.4, -0.2) is 23.9 Å². The Morgan fingerprint density at radius 3 is 2.75 bits per heavy atom. The summed E-state index contributed by atoms with van der Waals surface area (Å²) in [4.78, 5) is 0. The predicted octanol–water partition coefficient (Wildman–Crippen LogP) is 3.08. The normalized spacial score (nSPS) is 28.9. The maximum atomic E-state index is 10.2. The van der Waals surface area contributed by atoms with Crippen molar-refractivity contribution in [2.24, 2.45) is 0 Å². The molecule has 0 amide bonds. The molecule has 0 bridgehead atoms. The summed E-state index contributed by atoms with van der Waals surface area (Å²) >= 11 is 12.0. The average molecular weight is 261 g/mol. The summed E-state index contributed by atoms with van der Waals surface area (Å²) in [6, 6.07) is 5.49. The van der Waals surface area contributed by atoms with Crippen LogP contribution in [0.4, 0.5) is 0 Å². The Labute approximate surface area is 105 Å². The van der Waals surface area contributed by atoms with Gasteiger partial charge in [-0.25, -0.2) is 0 Å². The van der Waals surface area contributed by atoms with Crippen LogP contribution in [0.25, 0.3) is 0 Å². The van der Waals surface area contributed by atoms with Gasteiger partial charge in [-0.15, -0.1) is 0 Å². The summed E-state index contributed by atoms with van der Waals surface area (Å²) in [5, 5.41) is 11.3. The van der Waals surface area contributed by atoms with Crippen molar-refractivity contribution in [2.45, 2.75) is 31.0 Å². The van der Waals surface area contributed by atoms with Gasteiger partial charge in [0.25, 0.3) is 0 Å². The lowest BCUT2D eigenvalue weighted by Crippen LogP contribution is -2.49. The fourth-order valence-corrected chi connectivity index (χ4v) is 2.53. The molecule has 88 valence electrons. The van der Waals surface area contributed by atoms with E-state index in [4.69, 9.17) is 27.9 Å². The molecule has 1 saturated carbocycles. The van der Waals surface area contributed by atoms with Gasteiger partial charge in [-0.1, -0.05) is 35.3 Å². The second-order valence-electron chi connectivity index (χ2n) is 4.38. The van der Waals surface area contributed by atoms with E-state index in [1.54, 1.807) is 13.2 Å². The van der Waals surface area contributed by atoms with Crippen molar-refractivity contribution in [3.8, 4) is 0 Å². The molecule has 0 saturated heterocycles. The number of rotatable bonds is 3. The monoisotopic (exact) mass is 260 g/mol. The van der Waals surface area contributed by atoms with E-state index in [9.17, 15) is 5.11 Å². The first-order valence-corrected chi connectivity index (χ1v) is 5.98. The van der Waals surface area contributed by atoms with Crippen LogP contribution in [0.15, 0.2) is 18.2 Å². The van der Waals surface area contributed by atoms with E-state index < -0.39 is 5.60 Å². The minimum atomic E-state index is -0.686. The van der Waals surface area contributed by atoms with E-state index in [1.807, 2.05) is 12.1 Å². The van der Waals surface area contributed by atoms with Gasteiger partial charge in [0.1, 0.15) is 0 Å². The average Bonchev–Trinajstić information content (AvgIpc) is 2.21. The number of aliphatic hydroxyl groups is 1. The highest BCUT2D eigenvalue weighted by Crippen LogP contribution is 2.39. The molecule has 0 aliphatic heterocycles. The van der Waals surface area contributed by atoms with Crippen molar-refractivity contribution in [1.29, 1.82) is 0 Å². The number of methoxy groups -OCH3 is 1. The zero-order valence-corrected chi connectivity index (χ0v) is 10.6. The summed E-state index contributed by atoms with van der Waals surface area (Å²) in [5.74, 6) is 0. The Balaban J connectivity index is 2.08. The smallest absolute Gasteiger partial charge is 0.0737 e. The summed E-state index contributed by atoms with van der Waals surface area (Å²) in [5.41, 5.74) is 0.209. The van der Waals surface area contributed by atoms with E-state index in [2.05, 4.69) is 0 Å². The van der Waals surface area contributed by atoms with Crippen LogP contribution >= 0.6 is 23.2 Å². The third kappa shape index (κ3) is 2.35. The molecule has 16 heavy (non-hydrogen) atoms. The number of halogens is 2. The van der Waals surface area contributed by atoms with Gasteiger partial charge < -0.3 is 9.84 Å². The number of hydrogen-bond donors (Lipinski definition) is 1. The number of hydrogen-bond acceptors (Lipinski definition) is 2. The number of ether oxygens (including phenoxy) is 1. The molecular formula is C12H14Cl2O2. The van der Waals surface area contributed by atoms with Crippen molar-refractivity contribution in [1.82, 2.24) is 0 Å². The van der Waals surface area contributed by atoms with Gasteiger partial charge in [-0.2, -0.15) is 0 Å². The first-order valence-electron chi connectivity index (χ1n) is 5.22. The van der Waals surface area contributed by atoms with E-state index in [0.29, 0.717) is 29.3 Å². The van der Waals surface area contributed by atoms with Crippen LogP contribution in [0.5, 0.6) is 0 Å². The van der Waals surface area contributed by atoms with Crippen LogP contribution in [0.3, 0.4) is 0 Å². The second-order valence-corrected chi connectivity index (χ2v) is 5.17. The third-order valence-corrected chi connectivity index (χ3v) is 3.96. The number of benzene rings is 1. The van der Waals surface area contributed by atoms with Crippen molar-refractivity contribution in [3.63, 3.8) is 0 Å². The lowest BCUT2D eigenvalue weighted by atomic mass is 9.74. The largest absolute Gasteiger partial charge is 0.389 e. The quantitative estimate of drug-likeness (QED) is 0.906. The molecule has 4 heteroatoms. The Morgan fingerprint density at radius 1 is 1.44 bits per heavy atom. The SMILES string of the molecule is COC1CC(O)(Cc2cccc(Cl)c2Cl)C1. The van der Waals surface area contributed by atoms with Crippen LogP contribution in [0.1, 0.15) is 18.4 Å². The highest BCUT2D eigenvalue weighted by molar-refractivity contribution is 6.42. The molecule has 1 N–H and O–H groups in total. The zero-order chi connectivity index (χ0) is 11.8. The van der Waals surface area contributed by atoms with Crippen LogP contribution in [-0.2, 0) is 11.2 Å². The highest BCUT2D eigenvalue weighted by Gasteiger charge is 2.43. The fourth-order valence-electron chi connectivity index (χ4n) is 2.14. The maximum Gasteiger partial charge on any atom is 0.0737 e. The maximum absolute atomic E-state index is 10.2. The van der Waals surface area contributed by atoms with Crippen molar-refractivity contribution in [2.75, 3.05) is 7.11 Å². The van der Waals surface area contributed by atoms with Crippen LogP contribution in [0, 0.1) is 0 Å². The lowest BCUT2D eigenvalue weighted by Gasteiger charge is -2.43. The Kier molecular flexibility index (Phi) is 3.45. The first-order chi connectivity index (χ1) is 7.54. The summed E-state index contributed by atoms with van der Waals surface area (Å²) in [6.07, 6.45) is 2.02. The van der Waals surface area contributed by atoms with Gasteiger partial charge in [-0.3, -0.25) is 0 Å². The summed E-state index contributed by atoms with van der Waals surface area (Å²) in [6.45, 7) is 0. The minimum Gasteiger partial charge on any atom is -0.389 e. The van der Waals surface area contributed by atoms with Gasteiger partial charge >= 0.3 is 0 Å². The molecule has 0 unspecified atom stereocenters. The standard InChI is InChI=1S/C12H14Cl2O2/c1-16-9-6-12(15,7-9)5-8-3-2-4-10(13)11(8)14/h2-4,9,15H,5-7H2,1H3.